The summed E-state index contributed by atoms with van der Waals surface area (Å²) >= 11 is 0. The van der Waals surface area contributed by atoms with Gasteiger partial charge in [0.05, 0.1) is 12.2 Å². The summed E-state index contributed by atoms with van der Waals surface area (Å²) in [6, 6.07) is 10.4. The number of benzene rings is 1. The highest BCUT2D eigenvalue weighted by Gasteiger charge is 2.57. The van der Waals surface area contributed by atoms with Crippen molar-refractivity contribution in [3.8, 4) is 0 Å². The quantitative estimate of drug-likeness (QED) is 0.754. The number of aromatic nitrogens is 2. The first kappa shape index (κ1) is 20.6. The lowest BCUT2D eigenvalue weighted by Gasteiger charge is -2.50. The number of likely N-dealkylation sites (tertiary alicyclic amines) is 2. The molecule has 0 aliphatic carbocycles. The monoisotopic (exact) mass is 409 g/mol. The number of hydrogen-bond acceptors (Lipinski definition) is 4. The number of hydrogen-bond donors (Lipinski definition) is 1. The standard InChI is InChI=1S/C23H31N5O2/c1-18(2)10-25-22(30)20-12-27(11-19-6-4-3-5-7-19)14-23(20)15-28(16-23)21(29)13-26-9-8-24-17-26/h3-9,17-18,20H,10-16H2,1-2H3,(H,25,30). The highest BCUT2D eigenvalue weighted by atomic mass is 16.2. The van der Waals surface area contributed by atoms with E-state index in [1.54, 1.807) is 23.3 Å². The van der Waals surface area contributed by atoms with E-state index >= 15 is 0 Å². The average Bonchev–Trinajstić information content (AvgIpc) is 3.33. The van der Waals surface area contributed by atoms with Crippen molar-refractivity contribution in [2.75, 3.05) is 32.7 Å². The summed E-state index contributed by atoms with van der Waals surface area (Å²) in [6.07, 6.45) is 5.14. The van der Waals surface area contributed by atoms with Gasteiger partial charge in [0.2, 0.25) is 11.8 Å². The van der Waals surface area contributed by atoms with Crippen molar-refractivity contribution < 1.29 is 9.59 Å². The minimum Gasteiger partial charge on any atom is -0.356 e. The maximum atomic E-state index is 13.0. The van der Waals surface area contributed by atoms with Crippen LogP contribution in [0, 0.1) is 17.3 Å². The minimum atomic E-state index is -0.152. The average molecular weight is 410 g/mol. The molecule has 2 amide bonds. The van der Waals surface area contributed by atoms with Crippen LogP contribution in [-0.4, -0.2) is 63.9 Å². The predicted octanol–water partition coefficient (Wildman–Crippen LogP) is 1.62. The van der Waals surface area contributed by atoms with Gasteiger partial charge in [0.25, 0.3) is 0 Å². The van der Waals surface area contributed by atoms with Crippen molar-refractivity contribution in [1.82, 2.24) is 24.7 Å². The smallest absolute Gasteiger partial charge is 0.242 e. The van der Waals surface area contributed by atoms with E-state index in [0.717, 1.165) is 19.6 Å². The zero-order valence-corrected chi connectivity index (χ0v) is 17.8. The minimum absolute atomic E-state index is 0.0847. The van der Waals surface area contributed by atoms with Gasteiger partial charge in [-0.25, -0.2) is 4.98 Å². The zero-order valence-electron chi connectivity index (χ0n) is 17.8. The van der Waals surface area contributed by atoms with Crippen LogP contribution >= 0.6 is 0 Å². The Kier molecular flexibility index (Phi) is 5.90. The van der Waals surface area contributed by atoms with Crippen LogP contribution in [-0.2, 0) is 22.7 Å². The SMILES string of the molecule is CC(C)CNC(=O)C1CN(Cc2ccccc2)CC12CN(C(=O)Cn1ccnc1)C2. The Bertz CT molecular complexity index is 859. The van der Waals surface area contributed by atoms with Gasteiger partial charge in [-0.1, -0.05) is 44.2 Å². The van der Waals surface area contributed by atoms with Crippen molar-refractivity contribution in [2.45, 2.75) is 26.9 Å². The van der Waals surface area contributed by atoms with Crippen LogP contribution in [0.2, 0.25) is 0 Å². The van der Waals surface area contributed by atoms with Gasteiger partial charge in [0.1, 0.15) is 6.54 Å². The van der Waals surface area contributed by atoms with Crippen LogP contribution in [0.25, 0.3) is 0 Å². The number of amides is 2. The van der Waals surface area contributed by atoms with Gasteiger partial charge in [-0.3, -0.25) is 14.5 Å². The Morgan fingerprint density at radius 2 is 1.97 bits per heavy atom. The summed E-state index contributed by atoms with van der Waals surface area (Å²) in [5.74, 6) is 0.543. The molecule has 1 aromatic carbocycles. The number of nitrogens with one attached hydrogen (secondary N) is 1. The Hall–Kier alpha value is -2.67. The molecule has 0 bridgehead atoms. The normalized spacial score (nSPS) is 20.5. The van der Waals surface area contributed by atoms with Gasteiger partial charge >= 0.3 is 0 Å². The molecule has 1 N–H and O–H groups in total. The lowest BCUT2D eigenvalue weighted by Crippen LogP contribution is -2.64. The molecule has 0 saturated carbocycles. The number of imidazole rings is 1. The molecule has 160 valence electrons. The third-order valence-electron chi connectivity index (χ3n) is 6.21. The molecule has 2 aliphatic heterocycles. The molecule has 1 spiro atoms. The molecule has 2 aliphatic rings. The highest BCUT2D eigenvalue weighted by Crippen LogP contribution is 2.44. The second-order valence-electron chi connectivity index (χ2n) is 9.19. The summed E-state index contributed by atoms with van der Waals surface area (Å²) in [5, 5.41) is 3.13. The molecular formula is C23H31N5O2. The maximum Gasteiger partial charge on any atom is 0.242 e. The largest absolute Gasteiger partial charge is 0.356 e. The number of nitrogens with zero attached hydrogens (tertiary/aromatic N) is 4. The first-order valence-corrected chi connectivity index (χ1v) is 10.7. The molecule has 2 saturated heterocycles. The van der Waals surface area contributed by atoms with Crippen LogP contribution in [0.15, 0.2) is 49.1 Å². The van der Waals surface area contributed by atoms with E-state index in [0.29, 0.717) is 32.1 Å². The van der Waals surface area contributed by atoms with Gasteiger partial charge in [0, 0.05) is 57.1 Å². The molecule has 1 atom stereocenters. The summed E-state index contributed by atoms with van der Waals surface area (Å²) in [4.78, 5) is 33.9. The van der Waals surface area contributed by atoms with Crippen LogP contribution < -0.4 is 5.32 Å². The van der Waals surface area contributed by atoms with Gasteiger partial charge in [-0.15, -0.1) is 0 Å². The van der Waals surface area contributed by atoms with Crippen molar-refractivity contribution in [2.24, 2.45) is 17.3 Å². The third kappa shape index (κ3) is 4.41. The number of rotatable bonds is 7. The van der Waals surface area contributed by atoms with E-state index in [9.17, 15) is 9.59 Å². The Balaban J connectivity index is 1.43. The van der Waals surface area contributed by atoms with Gasteiger partial charge in [0.15, 0.2) is 0 Å². The number of carbonyl (C=O) groups is 2. The Morgan fingerprint density at radius 3 is 2.63 bits per heavy atom. The fourth-order valence-electron chi connectivity index (χ4n) is 4.67. The van der Waals surface area contributed by atoms with Crippen molar-refractivity contribution in [3.63, 3.8) is 0 Å². The second kappa shape index (κ2) is 8.60. The molecule has 1 unspecified atom stereocenters. The summed E-state index contributed by atoms with van der Waals surface area (Å²) < 4.78 is 1.79. The first-order valence-electron chi connectivity index (χ1n) is 10.7. The van der Waals surface area contributed by atoms with E-state index in [1.165, 1.54) is 5.56 Å². The molecule has 30 heavy (non-hydrogen) atoms. The summed E-state index contributed by atoms with van der Waals surface area (Å²) in [7, 11) is 0. The predicted molar refractivity (Wildman–Crippen MR) is 114 cm³/mol. The third-order valence-corrected chi connectivity index (χ3v) is 6.21. The fraction of sp³-hybridized carbons (Fsp3) is 0.522. The topological polar surface area (TPSA) is 70.5 Å². The zero-order chi connectivity index (χ0) is 21.1. The Morgan fingerprint density at radius 1 is 1.20 bits per heavy atom. The van der Waals surface area contributed by atoms with E-state index in [4.69, 9.17) is 0 Å². The van der Waals surface area contributed by atoms with E-state index in [2.05, 4.69) is 41.2 Å². The molecule has 7 nitrogen and oxygen atoms in total. The van der Waals surface area contributed by atoms with Crippen LogP contribution in [0.5, 0.6) is 0 Å². The van der Waals surface area contributed by atoms with Crippen LogP contribution in [0.1, 0.15) is 19.4 Å². The lowest BCUT2D eigenvalue weighted by atomic mass is 9.71. The van der Waals surface area contributed by atoms with Gasteiger partial charge in [-0.2, -0.15) is 0 Å². The highest BCUT2D eigenvalue weighted by molar-refractivity contribution is 5.82. The number of carbonyl (C=O) groups excluding carboxylic acids is 2. The summed E-state index contributed by atoms with van der Waals surface area (Å²) in [6.45, 7) is 8.90. The van der Waals surface area contributed by atoms with Crippen molar-refractivity contribution in [3.05, 3.63) is 54.6 Å². The van der Waals surface area contributed by atoms with Crippen molar-refractivity contribution in [1.29, 1.82) is 0 Å². The van der Waals surface area contributed by atoms with E-state index in [1.807, 2.05) is 23.1 Å². The molecule has 3 heterocycles. The molecule has 7 heteroatoms. The molecular weight excluding hydrogens is 378 g/mol. The first-order chi connectivity index (χ1) is 14.4. The maximum absolute atomic E-state index is 13.0. The van der Waals surface area contributed by atoms with Crippen LogP contribution in [0.4, 0.5) is 0 Å². The molecule has 2 fully saturated rings. The van der Waals surface area contributed by atoms with E-state index < -0.39 is 0 Å². The van der Waals surface area contributed by atoms with Gasteiger partial charge < -0.3 is 14.8 Å². The van der Waals surface area contributed by atoms with Crippen molar-refractivity contribution >= 4 is 11.8 Å². The molecule has 4 rings (SSSR count). The van der Waals surface area contributed by atoms with Gasteiger partial charge in [-0.05, 0) is 11.5 Å². The Labute approximate surface area is 178 Å². The molecule has 2 aromatic rings. The van der Waals surface area contributed by atoms with E-state index in [-0.39, 0.29) is 23.1 Å². The fourth-order valence-corrected chi connectivity index (χ4v) is 4.67. The lowest BCUT2D eigenvalue weighted by molar-refractivity contribution is -0.150. The summed E-state index contributed by atoms with van der Waals surface area (Å²) in [5.41, 5.74) is 1.10. The molecule has 0 radical (unpaired) electrons. The second-order valence-corrected chi connectivity index (χ2v) is 9.19. The van der Waals surface area contributed by atoms with Crippen LogP contribution in [0.3, 0.4) is 0 Å². The molecule has 1 aromatic heterocycles.